The molecule has 0 aliphatic heterocycles. The number of rotatable bonds is 8. The fourth-order valence-corrected chi connectivity index (χ4v) is 4.52. The van der Waals surface area contributed by atoms with Gasteiger partial charge in [-0.3, -0.25) is 10.1 Å². The van der Waals surface area contributed by atoms with Crippen molar-refractivity contribution >= 4 is 55.9 Å². The number of sulfone groups is 1. The number of hydrogen-bond acceptors (Lipinski definition) is 8. The van der Waals surface area contributed by atoms with E-state index >= 15 is 0 Å². The molecule has 2 aromatic heterocycles. The molecule has 1 N–H and O–H groups in total. The van der Waals surface area contributed by atoms with Crippen molar-refractivity contribution in [3.8, 4) is 0 Å². The highest BCUT2D eigenvalue weighted by molar-refractivity contribution is 7.90. The van der Waals surface area contributed by atoms with Gasteiger partial charge in [0.2, 0.25) is 17.8 Å². The molecule has 0 fully saturated rings. The second kappa shape index (κ2) is 10.1. The fourth-order valence-electron chi connectivity index (χ4n) is 3.86. The van der Waals surface area contributed by atoms with Gasteiger partial charge in [0.1, 0.15) is 11.3 Å². The molecular weight excluding hydrogens is 502 g/mol. The van der Waals surface area contributed by atoms with Gasteiger partial charge in [-0.1, -0.05) is 32.9 Å². The highest BCUT2D eigenvalue weighted by atomic mass is 32.2. The van der Waals surface area contributed by atoms with Crippen LogP contribution in [0.1, 0.15) is 27.2 Å². The number of anilines is 5. The van der Waals surface area contributed by atoms with Gasteiger partial charge in [-0.15, -0.1) is 0 Å². The number of fused-ring (bicyclic) bond motifs is 1. The third kappa shape index (κ3) is 5.19. The molecule has 2 aromatic carbocycles. The highest BCUT2D eigenvalue weighted by Crippen LogP contribution is 2.33. The van der Waals surface area contributed by atoms with Crippen LogP contribution < -0.4 is 15.1 Å². The number of nitrogens with one attached hydrogen (secondary N) is 1. The number of nitrogens with zero attached hydrogens (tertiary/aromatic N) is 6. The second-order valence-corrected chi connectivity index (χ2v) is 11.9. The SMILES string of the molecule is CCC(C)(C)C(=O)Nc1nc2c(N(C)c3ccnc(N(C)c4cccc(S(C)(=O)=O)c4)n3)cccc2n1C. The zero-order chi connectivity index (χ0) is 27.8. The molecule has 0 aliphatic rings. The minimum Gasteiger partial charge on any atom is -0.327 e. The molecule has 0 bridgehead atoms. The molecule has 38 heavy (non-hydrogen) atoms. The van der Waals surface area contributed by atoms with E-state index < -0.39 is 15.3 Å². The molecule has 1 amide bonds. The van der Waals surface area contributed by atoms with Crippen molar-refractivity contribution in [1.82, 2.24) is 19.5 Å². The van der Waals surface area contributed by atoms with Crippen LogP contribution in [-0.4, -0.2) is 54.2 Å². The molecule has 4 aromatic rings. The van der Waals surface area contributed by atoms with Crippen LogP contribution in [-0.2, 0) is 21.7 Å². The molecule has 0 aliphatic carbocycles. The van der Waals surface area contributed by atoms with Gasteiger partial charge in [-0.2, -0.15) is 4.98 Å². The molecule has 0 atom stereocenters. The molecule has 10 nitrogen and oxygen atoms in total. The fraction of sp³-hybridized carbons (Fsp3) is 0.333. The summed E-state index contributed by atoms with van der Waals surface area (Å²) in [6, 6.07) is 14.3. The molecular formula is C27H33N7O3S. The van der Waals surface area contributed by atoms with Gasteiger partial charge in [0.25, 0.3) is 0 Å². The average Bonchev–Trinajstić information content (AvgIpc) is 3.22. The topological polar surface area (TPSA) is 113 Å². The monoisotopic (exact) mass is 535 g/mol. The Morgan fingerprint density at radius 3 is 2.45 bits per heavy atom. The number of imidazole rings is 1. The van der Waals surface area contributed by atoms with Crippen LogP contribution in [0.5, 0.6) is 0 Å². The van der Waals surface area contributed by atoms with Gasteiger partial charge in [0.15, 0.2) is 9.84 Å². The summed E-state index contributed by atoms with van der Waals surface area (Å²) in [5.41, 5.74) is 2.52. The molecule has 0 radical (unpaired) electrons. The Balaban J connectivity index is 1.68. The normalized spacial score (nSPS) is 12.0. The molecule has 4 rings (SSSR count). The molecule has 11 heteroatoms. The van der Waals surface area contributed by atoms with E-state index in [2.05, 4.69) is 10.3 Å². The summed E-state index contributed by atoms with van der Waals surface area (Å²) in [7, 11) is 2.19. The first kappa shape index (κ1) is 27.1. The average molecular weight is 536 g/mol. The number of benzene rings is 2. The van der Waals surface area contributed by atoms with E-state index in [4.69, 9.17) is 9.97 Å². The Kier molecular flexibility index (Phi) is 7.16. The first-order valence-electron chi connectivity index (χ1n) is 12.2. The van der Waals surface area contributed by atoms with Crippen LogP contribution in [0.4, 0.5) is 29.1 Å². The first-order valence-corrected chi connectivity index (χ1v) is 14.1. The minimum absolute atomic E-state index is 0.0864. The summed E-state index contributed by atoms with van der Waals surface area (Å²) < 4.78 is 25.9. The van der Waals surface area contributed by atoms with E-state index in [0.29, 0.717) is 29.8 Å². The zero-order valence-electron chi connectivity index (χ0n) is 22.7. The predicted octanol–water partition coefficient (Wildman–Crippen LogP) is 4.68. The number of carbonyl (C=O) groups excluding carboxylic acids is 1. The Morgan fingerprint density at radius 1 is 1.05 bits per heavy atom. The van der Waals surface area contributed by atoms with Gasteiger partial charge in [0.05, 0.1) is 16.1 Å². The van der Waals surface area contributed by atoms with Gasteiger partial charge in [-0.25, -0.2) is 18.4 Å². The summed E-state index contributed by atoms with van der Waals surface area (Å²) in [4.78, 5) is 30.6. The van der Waals surface area contributed by atoms with E-state index in [1.807, 2.05) is 62.5 Å². The molecule has 0 spiro atoms. The quantitative estimate of drug-likeness (QED) is 0.346. The van der Waals surface area contributed by atoms with Crippen molar-refractivity contribution in [2.75, 3.05) is 35.5 Å². The van der Waals surface area contributed by atoms with Crippen LogP contribution in [0.3, 0.4) is 0 Å². The van der Waals surface area contributed by atoms with Crippen molar-refractivity contribution in [2.45, 2.75) is 32.1 Å². The van der Waals surface area contributed by atoms with Crippen LogP contribution in [0.2, 0.25) is 0 Å². The number of aryl methyl sites for hydroxylation is 1. The lowest BCUT2D eigenvalue weighted by Crippen LogP contribution is -2.31. The smallest absolute Gasteiger partial charge is 0.232 e. The Labute approximate surface area is 223 Å². The Bertz CT molecular complexity index is 1610. The largest absolute Gasteiger partial charge is 0.327 e. The predicted molar refractivity (Wildman–Crippen MR) is 151 cm³/mol. The van der Waals surface area contributed by atoms with Gasteiger partial charge < -0.3 is 14.4 Å². The summed E-state index contributed by atoms with van der Waals surface area (Å²) in [6.07, 6.45) is 3.54. The first-order chi connectivity index (χ1) is 17.8. The minimum atomic E-state index is -3.35. The van der Waals surface area contributed by atoms with E-state index in [0.717, 1.165) is 16.7 Å². The summed E-state index contributed by atoms with van der Waals surface area (Å²) >= 11 is 0. The molecule has 0 unspecified atom stereocenters. The Morgan fingerprint density at radius 2 is 1.76 bits per heavy atom. The molecule has 0 saturated heterocycles. The van der Waals surface area contributed by atoms with E-state index in [9.17, 15) is 13.2 Å². The second-order valence-electron chi connectivity index (χ2n) is 9.93. The van der Waals surface area contributed by atoms with Gasteiger partial charge in [0, 0.05) is 44.7 Å². The standard InChI is InChI=1S/C27H33N7O3S/c1-8-27(2,3)24(35)31-26-30-23-20(13-10-14-21(23)34(26)6)33(5)22-15-16-28-25(29-22)32(4)18-11-9-12-19(17-18)38(7,36)37/h9-17H,8H2,1-7H3,(H,30,31,35). The highest BCUT2D eigenvalue weighted by Gasteiger charge is 2.27. The lowest BCUT2D eigenvalue weighted by atomic mass is 9.89. The maximum atomic E-state index is 12.8. The third-order valence-corrected chi connectivity index (χ3v) is 7.99. The maximum absolute atomic E-state index is 12.8. The van der Waals surface area contributed by atoms with E-state index in [-0.39, 0.29) is 10.8 Å². The number of para-hydroxylation sites is 1. The number of aromatic nitrogens is 4. The van der Waals surface area contributed by atoms with Crippen molar-refractivity contribution in [3.05, 3.63) is 54.7 Å². The molecule has 2 heterocycles. The maximum Gasteiger partial charge on any atom is 0.232 e. The summed E-state index contributed by atoms with van der Waals surface area (Å²) in [5, 5.41) is 2.97. The van der Waals surface area contributed by atoms with Gasteiger partial charge in [-0.05, 0) is 42.8 Å². The van der Waals surface area contributed by atoms with E-state index in [1.54, 1.807) is 48.5 Å². The Hall–Kier alpha value is -3.99. The van der Waals surface area contributed by atoms with Crippen molar-refractivity contribution in [2.24, 2.45) is 12.5 Å². The number of hydrogen-bond donors (Lipinski definition) is 1. The van der Waals surface area contributed by atoms with Crippen molar-refractivity contribution < 1.29 is 13.2 Å². The third-order valence-electron chi connectivity index (χ3n) is 6.88. The summed E-state index contributed by atoms with van der Waals surface area (Å²) in [6.45, 7) is 5.80. The van der Waals surface area contributed by atoms with Crippen LogP contribution >= 0.6 is 0 Å². The number of carbonyl (C=O) groups is 1. The lowest BCUT2D eigenvalue weighted by Gasteiger charge is -2.22. The van der Waals surface area contributed by atoms with Gasteiger partial charge >= 0.3 is 0 Å². The van der Waals surface area contributed by atoms with E-state index in [1.165, 1.54) is 6.26 Å². The molecule has 200 valence electrons. The summed E-state index contributed by atoms with van der Waals surface area (Å²) in [5.74, 6) is 1.41. The number of amides is 1. The van der Waals surface area contributed by atoms with Crippen LogP contribution in [0, 0.1) is 5.41 Å². The zero-order valence-corrected chi connectivity index (χ0v) is 23.5. The molecule has 0 saturated carbocycles. The van der Waals surface area contributed by atoms with Crippen molar-refractivity contribution in [3.63, 3.8) is 0 Å². The lowest BCUT2D eigenvalue weighted by molar-refractivity contribution is -0.124. The van der Waals surface area contributed by atoms with Crippen LogP contribution in [0.15, 0.2) is 59.6 Å². The van der Waals surface area contributed by atoms with Crippen molar-refractivity contribution in [1.29, 1.82) is 0 Å². The van der Waals surface area contributed by atoms with Crippen LogP contribution in [0.25, 0.3) is 11.0 Å².